The summed E-state index contributed by atoms with van der Waals surface area (Å²) in [5, 5.41) is 2.70. The number of carbonyl (C=O) groups is 3. The first kappa shape index (κ1) is 16.6. The maximum Gasteiger partial charge on any atom is 0.233 e. The van der Waals surface area contributed by atoms with E-state index >= 15 is 0 Å². The average Bonchev–Trinajstić information content (AvgIpc) is 2.80. The lowest BCUT2D eigenvalue weighted by atomic mass is 9.81. The van der Waals surface area contributed by atoms with Crippen LogP contribution in [0.3, 0.4) is 0 Å². The van der Waals surface area contributed by atoms with E-state index in [1.165, 1.54) is 23.1 Å². The molecule has 0 bridgehead atoms. The fraction of sp³-hybridized carbons (Fsp3) is 0.500. The lowest BCUT2D eigenvalue weighted by Crippen LogP contribution is -2.34. The smallest absolute Gasteiger partial charge is 0.233 e. The summed E-state index contributed by atoms with van der Waals surface area (Å²) in [6.45, 7) is 1.81. The molecule has 128 valence electrons. The molecule has 1 saturated carbocycles. The van der Waals surface area contributed by atoms with E-state index in [0.29, 0.717) is 11.3 Å². The summed E-state index contributed by atoms with van der Waals surface area (Å²) in [4.78, 5) is 38.0. The molecule has 1 N–H and O–H groups in total. The number of imide groups is 1. The van der Waals surface area contributed by atoms with E-state index < -0.39 is 0 Å². The maximum absolute atomic E-state index is 13.1. The third kappa shape index (κ3) is 3.18. The third-order valence-corrected chi connectivity index (χ3v) is 4.96. The van der Waals surface area contributed by atoms with Gasteiger partial charge in [-0.15, -0.1) is 0 Å². The topological polar surface area (TPSA) is 66.5 Å². The number of hydrogen-bond acceptors (Lipinski definition) is 3. The van der Waals surface area contributed by atoms with Crippen LogP contribution in [0.5, 0.6) is 0 Å². The van der Waals surface area contributed by atoms with Crippen molar-refractivity contribution in [3.05, 3.63) is 29.6 Å². The highest BCUT2D eigenvalue weighted by Crippen LogP contribution is 2.37. The fourth-order valence-electron chi connectivity index (χ4n) is 3.64. The van der Waals surface area contributed by atoms with E-state index in [1.54, 1.807) is 6.92 Å². The first-order chi connectivity index (χ1) is 11.5. The van der Waals surface area contributed by atoms with Gasteiger partial charge >= 0.3 is 0 Å². The highest BCUT2D eigenvalue weighted by Gasteiger charge is 2.47. The first-order valence-corrected chi connectivity index (χ1v) is 8.38. The van der Waals surface area contributed by atoms with Crippen LogP contribution in [-0.2, 0) is 14.4 Å². The number of fused-ring (bicyclic) bond motifs is 1. The molecule has 1 aromatic carbocycles. The van der Waals surface area contributed by atoms with E-state index in [-0.39, 0.29) is 48.3 Å². The minimum atomic E-state index is -0.360. The van der Waals surface area contributed by atoms with Gasteiger partial charge in [0, 0.05) is 18.7 Å². The summed E-state index contributed by atoms with van der Waals surface area (Å²) in [6, 6.07) is 4.12. The summed E-state index contributed by atoms with van der Waals surface area (Å²) in [5.74, 6) is -1.28. The predicted octanol–water partition coefficient (Wildman–Crippen LogP) is 2.64. The fourth-order valence-corrected chi connectivity index (χ4v) is 3.64. The Morgan fingerprint density at radius 1 is 1.21 bits per heavy atom. The van der Waals surface area contributed by atoms with Crippen molar-refractivity contribution in [3.8, 4) is 0 Å². The van der Waals surface area contributed by atoms with Crippen LogP contribution in [0.1, 0.15) is 37.7 Å². The van der Waals surface area contributed by atoms with Crippen molar-refractivity contribution in [3.63, 3.8) is 0 Å². The second kappa shape index (κ2) is 6.71. The Morgan fingerprint density at radius 3 is 2.42 bits per heavy atom. The number of hydrogen-bond donors (Lipinski definition) is 1. The summed E-state index contributed by atoms with van der Waals surface area (Å²) in [6.07, 6.45) is 3.56. The molecule has 1 saturated heterocycles. The van der Waals surface area contributed by atoms with Gasteiger partial charge in [-0.25, -0.2) is 4.39 Å². The van der Waals surface area contributed by atoms with Crippen molar-refractivity contribution < 1.29 is 18.8 Å². The van der Waals surface area contributed by atoms with Crippen LogP contribution in [0.25, 0.3) is 0 Å². The molecule has 2 atom stereocenters. The summed E-state index contributed by atoms with van der Waals surface area (Å²) < 4.78 is 13.1. The molecule has 1 aliphatic heterocycles. The van der Waals surface area contributed by atoms with Crippen LogP contribution in [-0.4, -0.2) is 29.2 Å². The van der Waals surface area contributed by atoms with E-state index in [9.17, 15) is 18.8 Å². The predicted molar refractivity (Wildman–Crippen MR) is 86.6 cm³/mol. The van der Waals surface area contributed by atoms with Gasteiger partial charge < -0.3 is 5.32 Å². The molecule has 24 heavy (non-hydrogen) atoms. The second-order valence-corrected chi connectivity index (χ2v) is 6.58. The Hall–Kier alpha value is -2.24. The monoisotopic (exact) mass is 332 g/mol. The molecule has 1 aromatic rings. The van der Waals surface area contributed by atoms with E-state index in [0.717, 1.165) is 25.7 Å². The number of anilines is 1. The van der Waals surface area contributed by atoms with Crippen LogP contribution >= 0.6 is 0 Å². The summed E-state index contributed by atoms with van der Waals surface area (Å²) in [5.41, 5.74) is 1.16. The molecule has 0 radical (unpaired) electrons. The lowest BCUT2D eigenvalue weighted by molar-refractivity contribution is -0.140. The molecular weight excluding hydrogens is 311 g/mol. The molecule has 2 unspecified atom stereocenters. The van der Waals surface area contributed by atoms with Gasteiger partial charge in [0.15, 0.2) is 0 Å². The zero-order valence-electron chi connectivity index (χ0n) is 13.7. The Bertz CT molecular complexity index is 665. The molecule has 0 spiro atoms. The average molecular weight is 332 g/mol. The van der Waals surface area contributed by atoms with Crippen molar-refractivity contribution in [2.75, 3.05) is 11.9 Å². The lowest BCUT2D eigenvalue weighted by Gasteiger charge is -2.19. The van der Waals surface area contributed by atoms with E-state index in [1.807, 2.05) is 0 Å². The molecule has 5 nitrogen and oxygen atoms in total. The van der Waals surface area contributed by atoms with Crippen molar-refractivity contribution in [1.82, 2.24) is 4.90 Å². The largest absolute Gasteiger partial charge is 0.326 e. The highest BCUT2D eigenvalue weighted by atomic mass is 19.1. The number of amides is 3. The van der Waals surface area contributed by atoms with Crippen molar-refractivity contribution in [2.24, 2.45) is 11.8 Å². The second-order valence-electron chi connectivity index (χ2n) is 6.58. The summed E-state index contributed by atoms with van der Waals surface area (Å²) >= 11 is 0. The molecule has 1 heterocycles. The quantitative estimate of drug-likeness (QED) is 0.862. The molecule has 3 amide bonds. The van der Waals surface area contributed by atoms with Gasteiger partial charge in [-0.05, 0) is 43.5 Å². The third-order valence-electron chi connectivity index (χ3n) is 4.96. The van der Waals surface area contributed by atoms with Crippen LogP contribution in [0.15, 0.2) is 18.2 Å². The minimum absolute atomic E-state index is 0.0493. The summed E-state index contributed by atoms with van der Waals surface area (Å²) in [7, 11) is 0. The Labute approximate surface area is 140 Å². The highest BCUT2D eigenvalue weighted by molar-refractivity contribution is 6.05. The zero-order chi connectivity index (χ0) is 17.3. The number of halogens is 1. The first-order valence-electron chi connectivity index (χ1n) is 8.38. The van der Waals surface area contributed by atoms with E-state index in [4.69, 9.17) is 0 Å². The number of rotatable bonds is 4. The molecule has 2 fully saturated rings. The Morgan fingerprint density at radius 2 is 1.83 bits per heavy atom. The number of aryl methyl sites for hydroxylation is 1. The molecular formula is C18H21FN2O3. The van der Waals surface area contributed by atoms with Gasteiger partial charge in [0.2, 0.25) is 17.7 Å². The van der Waals surface area contributed by atoms with Gasteiger partial charge in [0.25, 0.3) is 0 Å². The maximum atomic E-state index is 13.1. The standard InChI is InChI=1S/C18H21FN2O3/c1-11-10-12(19)6-7-15(11)20-16(22)8-9-21-17(23)13-4-2-3-5-14(13)18(21)24/h6-7,10,13-14H,2-5,8-9H2,1H3,(H,20,22). The van der Waals surface area contributed by atoms with Gasteiger partial charge in [-0.1, -0.05) is 12.8 Å². The number of likely N-dealkylation sites (tertiary alicyclic amines) is 1. The van der Waals surface area contributed by atoms with Gasteiger partial charge in [0.05, 0.1) is 11.8 Å². The number of carbonyl (C=O) groups excluding carboxylic acids is 3. The van der Waals surface area contributed by atoms with Gasteiger partial charge in [-0.3, -0.25) is 19.3 Å². The normalized spacial score (nSPS) is 23.3. The van der Waals surface area contributed by atoms with Gasteiger partial charge in [0.1, 0.15) is 5.82 Å². The van der Waals surface area contributed by atoms with Crippen LogP contribution in [0.4, 0.5) is 10.1 Å². The number of nitrogens with zero attached hydrogens (tertiary/aromatic N) is 1. The van der Waals surface area contributed by atoms with Crippen LogP contribution in [0, 0.1) is 24.6 Å². The minimum Gasteiger partial charge on any atom is -0.326 e. The molecule has 2 aliphatic rings. The zero-order valence-corrected chi connectivity index (χ0v) is 13.7. The van der Waals surface area contributed by atoms with Crippen LogP contribution in [0.2, 0.25) is 0 Å². The van der Waals surface area contributed by atoms with Crippen molar-refractivity contribution in [1.29, 1.82) is 0 Å². The molecule has 6 heteroatoms. The Kier molecular flexibility index (Phi) is 4.64. The number of nitrogens with one attached hydrogen (secondary N) is 1. The van der Waals surface area contributed by atoms with Crippen molar-refractivity contribution in [2.45, 2.75) is 39.0 Å². The molecule has 1 aliphatic carbocycles. The molecule has 3 rings (SSSR count). The SMILES string of the molecule is Cc1cc(F)ccc1NC(=O)CCN1C(=O)C2CCCCC2C1=O. The van der Waals surface area contributed by atoms with Crippen LogP contribution < -0.4 is 5.32 Å². The molecule has 0 aromatic heterocycles. The number of benzene rings is 1. The van der Waals surface area contributed by atoms with Crippen molar-refractivity contribution >= 4 is 23.4 Å². The Balaban J connectivity index is 1.58. The van der Waals surface area contributed by atoms with E-state index in [2.05, 4.69) is 5.32 Å². The van der Waals surface area contributed by atoms with Gasteiger partial charge in [-0.2, -0.15) is 0 Å².